The van der Waals surface area contributed by atoms with Crippen molar-refractivity contribution in [3.8, 4) is 0 Å². The number of nitrogens with two attached hydrogens (primary N) is 1. The summed E-state index contributed by atoms with van der Waals surface area (Å²) < 4.78 is 0. The molecule has 0 saturated heterocycles. The van der Waals surface area contributed by atoms with Gasteiger partial charge in [0.25, 0.3) is 5.91 Å². The van der Waals surface area contributed by atoms with Crippen LogP contribution in [0.2, 0.25) is 0 Å². The number of rotatable bonds is 5. The van der Waals surface area contributed by atoms with Crippen LogP contribution in [-0.2, 0) is 0 Å². The van der Waals surface area contributed by atoms with Crippen molar-refractivity contribution >= 4 is 11.6 Å². The van der Waals surface area contributed by atoms with Crippen LogP contribution >= 0.6 is 0 Å². The van der Waals surface area contributed by atoms with Gasteiger partial charge in [-0.25, -0.2) is 0 Å². The van der Waals surface area contributed by atoms with Gasteiger partial charge in [-0.1, -0.05) is 6.92 Å². The van der Waals surface area contributed by atoms with E-state index in [4.69, 9.17) is 5.73 Å². The van der Waals surface area contributed by atoms with E-state index in [1.165, 1.54) is 0 Å². The third-order valence-corrected chi connectivity index (χ3v) is 2.37. The average Bonchev–Trinajstić information content (AvgIpc) is 2.35. The maximum atomic E-state index is 11.4. The van der Waals surface area contributed by atoms with E-state index >= 15 is 0 Å². The van der Waals surface area contributed by atoms with Gasteiger partial charge in [0.15, 0.2) is 0 Å². The zero-order valence-corrected chi connectivity index (χ0v) is 9.66. The Labute approximate surface area is 95.4 Å². The Morgan fingerprint density at radius 2 is 2.38 bits per heavy atom. The van der Waals surface area contributed by atoms with Gasteiger partial charge in [0, 0.05) is 31.5 Å². The minimum atomic E-state index is -0.190. The van der Waals surface area contributed by atoms with Gasteiger partial charge in [0.05, 0.1) is 0 Å². The minimum absolute atomic E-state index is 0.190. The van der Waals surface area contributed by atoms with E-state index in [1.807, 2.05) is 6.07 Å². The molecule has 1 heterocycles. The Bertz CT molecular complexity index is 350. The van der Waals surface area contributed by atoms with Gasteiger partial charge in [-0.05, 0) is 18.6 Å². The second kappa shape index (κ2) is 6.07. The molecule has 1 rings (SSSR count). The van der Waals surface area contributed by atoms with E-state index in [0.717, 1.165) is 12.1 Å². The lowest BCUT2D eigenvalue weighted by molar-refractivity contribution is 0.0958. The van der Waals surface area contributed by atoms with Crippen molar-refractivity contribution in [3.05, 3.63) is 24.0 Å². The molecule has 16 heavy (non-hydrogen) atoms. The normalized spacial score (nSPS) is 11.9. The van der Waals surface area contributed by atoms with Gasteiger partial charge >= 0.3 is 0 Å². The molecule has 5 nitrogen and oxygen atoms in total. The highest BCUT2D eigenvalue weighted by molar-refractivity contribution is 5.92. The highest BCUT2D eigenvalue weighted by atomic mass is 16.1. The van der Waals surface area contributed by atoms with Crippen LogP contribution in [0.25, 0.3) is 0 Å². The third-order valence-electron chi connectivity index (χ3n) is 2.37. The molecule has 0 aliphatic rings. The molecule has 0 aliphatic heterocycles. The van der Waals surface area contributed by atoms with Crippen molar-refractivity contribution in [3.63, 3.8) is 0 Å². The molecule has 0 bridgehead atoms. The Morgan fingerprint density at radius 1 is 1.62 bits per heavy atom. The summed E-state index contributed by atoms with van der Waals surface area (Å²) in [6.07, 6.45) is 2.55. The van der Waals surface area contributed by atoms with Crippen LogP contribution in [0.5, 0.6) is 0 Å². The maximum Gasteiger partial charge on any atom is 0.269 e. The molecular formula is C11H18N4O. The Morgan fingerprint density at radius 3 is 2.94 bits per heavy atom. The number of nitrogens with zero attached hydrogens (tertiary/aromatic N) is 1. The molecule has 1 aromatic heterocycles. The number of hydrogen-bond donors (Lipinski definition) is 3. The summed E-state index contributed by atoms with van der Waals surface area (Å²) in [7, 11) is 1.58. The maximum absolute atomic E-state index is 11.4. The van der Waals surface area contributed by atoms with Gasteiger partial charge in [-0.15, -0.1) is 0 Å². The summed E-state index contributed by atoms with van der Waals surface area (Å²) in [6, 6.07) is 3.77. The number of nitrogens with one attached hydrogen (secondary N) is 2. The fraction of sp³-hybridized carbons (Fsp3) is 0.455. The number of aromatic nitrogens is 1. The van der Waals surface area contributed by atoms with Crippen molar-refractivity contribution in [1.82, 2.24) is 10.3 Å². The molecule has 1 aromatic rings. The van der Waals surface area contributed by atoms with Gasteiger partial charge in [-0.2, -0.15) is 0 Å². The Kier molecular flexibility index (Phi) is 4.72. The van der Waals surface area contributed by atoms with Crippen LogP contribution in [0.15, 0.2) is 18.3 Å². The minimum Gasteiger partial charge on any atom is -0.381 e. The average molecular weight is 222 g/mol. The molecule has 1 unspecified atom stereocenters. The second-order valence-electron chi connectivity index (χ2n) is 3.49. The fourth-order valence-electron chi connectivity index (χ4n) is 1.34. The summed E-state index contributed by atoms with van der Waals surface area (Å²) in [5.74, 6) is -0.190. The number of anilines is 1. The third kappa shape index (κ3) is 3.20. The molecular weight excluding hydrogens is 204 g/mol. The van der Waals surface area contributed by atoms with Crippen LogP contribution in [-0.4, -0.2) is 30.5 Å². The largest absolute Gasteiger partial charge is 0.381 e. The van der Waals surface area contributed by atoms with Crippen LogP contribution in [0, 0.1) is 0 Å². The van der Waals surface area contributed by atoms with Crippen LogP contribution < -0.4 is 16.4 Å². The van der Waals surface area contributed by atoms with Crippen molar-refractivity contribution in [2.24, 2.45) is 5.73 Å². The predicted octanol–water partition coefficient (Wildman–Crippen LogP) is 0.590. The molecule has 4 N–H and O–H groups in total. The molecule has 0 radical (unpaired) electrons. The molecule has 0 spiro atoms. The van der Waals surface area contributed by atoms with E-state index in [1.54, 1.807) is 19.3 Å². The summed E-state index contributed by atoms with van der Waals surface area (Å²) in [4.78, 5) is 15.4. The number of carbonyl (C=O) groups excluding carboxylic acids is 1. The Balaban J connectivity index is 2.78. The summed E-state index contributed by atoms with van der Waals surface area (Å²) in [5, 5.41) is 5.79. The van der Waals surface area contributed by atoms with Gasteiger partial charge in [0.2, 0.25) is 0 Å². The second-order valence-corrected chi connectivity index (χ2v) is 3.49. The highest BCUT2D eigenvalue weighted by Crippen LogP contribution is 2.10. The lowest BCUT2D eigenvalue weighted by Crippen LogP contribution is -2.28. The van der Waals surface area contributed by atoms with E-state index < -0.39 is 0 Å². The van der Waals surface area contributed by atoms with Crippen LogP contribution in [0.4, 0.5) is 5.69 Å². The number of carbonyl (C=O) groups is 1. The molecule has 5 heteroatoms. The highest BCUT2D eigenvalue weighted by Gasteiger charge is 2.07. The lowest BCUT2D eigenvalue weighted by atomic mass is 10.2. The van der Waals surface area contributed by atoms with E-state index in [-0.39, 0.29) is 11.9 Å². The Hall–Kier alpha value is -1.62. The first-order valence-electron chi connectivity index (χ1n) is 5.36. The smallest absolute Gasteiger partial charge is 0.269 e. The monoisotopic (exact) mass is 222 g/mol. The van der Waals surface area contributed by atoms with Crippen molar-refractivity contribution in [1.29, 1.82) is 0 Å². The first-order chi connectivity index (χ1) is 7.71. The summed E-state index contributed by atoms with van der Waals surface area (Å²) >= 11 is 0. The van der Waals surface area contributed by atoms with Gasteiger partial charge in [0.1, 0.15) is 5.69 Å². The number of amides is 1. The standard InChI is InChI=1S/C11H18N4O/c1-3-8(7-12)15-9-4-5-14-10(6-9)11(16)13-2/h4-6,8H,3,7,12H2,1-2H3,(H,13,16)(H,14,15). The van der Waals surface area contributed by atoms with Crippen molar-refractivity contribution in [2.75, 3.05) is 18.9 Å². The van der Waals surface area contributed by atoms with Gasteiger partial charge in [-0.3, -0.25) is 9.78 Å². The molecule has 1 atom stereocenters. The molecule has 0 aliphatic carbocycles. The first kappa shape index (κ1) is 12.4. The van der Waals surface area contributed by atoms with Crippen LogP contribution in [0.3, 0.4) is 0 Å². The van der Waals surface area contributed by atoms with E-state index in [0.29, 0.717) is 12.2 Å². The van der Waals surface area contributed by atoms with Crippen molar-refractivity contribution < 1.29 is 4.79 Å². The van der Waals surface area contributed by atoms with E-state index in [2.05, 4.69) is 22.5 Å². The first-order valence-corrected chi connectivity index (χ1v) is 5.36. The lowest BCUT2D eigenvalue weighted by Gasteiger charge is -2.16. The topological polar surface area (TPSA) is 80.0 Å². The van der Waals surface area contributed by atoms with E-state index in [9.17, 15) is 4.79 Å². The molecule has 1 amide bonds. The molecule has 0 aromatic carbocycles. The fourth-order valence-corrected chi connectivity index (χ4v) is 1.34. The predicted molar refractivity (Wildman–Crippen MR) is 64.4 cm³/mol. The number of hydrogen-bond acceptors (Lipinski definition) is 4. The zero-order valence-electron chi connectivity index (χ0n) is 9.66. The summed E-state index contributed by atoms with van der Waals surface area (Å²) in [5.41, 5.74) is 6.87. The van der Waals surface area contributed by atoms with Gasteiger partial charge < -0.3 is 16.4 Å². The molecule has 88 valence electrons. The summed E-state index contributed by atoms with van der Waals surface area (Å²) in [6.45, 7) is 2.62. The van der Waals surface area contributed by atoms with Crippen LogP contribution in [0.1, 0.15) is 23.8 Å². The SMILES string of the molecule is CCC(CN)Nc1ccnc(C(=O)NC)c1. The quantitative estimate of drug-likeness (QED) is 0.681. The molecule has 0 saturated carbocycles. The van der Waals surface area contributed by atoms with Crippen molar-refractivity contribution in [2.45, 2.75) is 19.4 Å². The molecule has 0 fully saturated rings. The number of pyridine rings is 1. The zero-order chi connectivity index (χ0) is 12.0.